The van der Waals surface area contributed by atoms with Gasteiger partial charge in [-0.15, -0.1) is 0 Å². The van der Waals surface area contributed by atoms with Crippen molar-refractivity contribution in [2.45, 2.75) is 12.5 Å². The second-order valence-electron chi connectivity index (χ2n) is 7.47. The molecule has 5 nitrogen and oxygen atoms in total. The molecule has 1 atom stereocenters. The van der Waals surface area contributed by atoms with Crippen molar-refractivity contribution in [3.05, 3.63) is 98.3 Å². The molecule has 1 aliphatic rings. The maximum atomic E-state index is 13.0. The molecule has 2 heterocycles. The van der Waals surface area contributed by atoms with Gasteiger partial charge in [-0.25, -0.2) is 4.79 Å². The molecule has 1 aliphatic heterocycles. The number of ether oxygens (including phenoxy) is 1. The number of para-hydroxylation sites is 2. The minimum atomic E-state index is -0.721. The summed E-state index contributed by atoms with van der Waals surface area (Å²) in [5.74, 6) is 0.242. The molecule has 0 saturated heterocycles. The number of carbonyl (C=O) groups is 1. The third-order valence-electron chi connectivity index (χ3n) is 5.51. The summed E-state index contributed by atoms with van der Waals surface area (Å²) in [5, 5.41) is 4.31. The van der Waals surface area contributed by atoms with Crippen LogP contribution in [0.5, 0.6) is 5.75 Å². The van der Waals surface area contributed by atoms with Gasteiger partial charge in [-0.3, -0.25) is 4.79 Å². The number of halogens is 2. The minimum Gasteiger partial charge on any atom is -0.493 e. The highest BCUT2D eigenvalue weighted by Crippen LogP contribution is 2.37. The van der Waals surface area contributed by atoms with E-state index in [9.17, 15) is 9.59 Å². The van der Waals surface area contributed by atoms with E-state index in [0.717, 1.165) is 11.3 Å². The van der Waals surface area contributed by atoms with Gasteiger partial charge in [-0.1, -0.05) is 71.7 Å². The number of hydrogen-bond acceptors (Lipinski definition) is 4. The van der Waals surface area contributed by atoms with Gasteiger partial charge >= 0.3 is 5.63 Å². The Balaban J connectivity index is 1.53. The Kier molecular flexibility index (Phi) is 5.37. The molecule has 1 aromatic heterocycles. The van der Waals surface area contributed by atoms with Gasteiger partial charge in [0.15, 0.2) is 0 Å². The lowest BCUT2D eigenvalue weighted by Gasteiger charge is -2.26. The lowest BCUT2D eigenvalue weighted by molar-refractivity contribution is 0.0921. The van der Waals surface area contributed by atoms with E-state index in [1.165, 1.54) is 0 Å². The van der Waals surface area contributed by atoms with Gasteiger partial charge in [0.1, 0.15) is 16.9 Å². The number of fused-ring (bicyclic) bond motifs is 2. The van der Waals surface area contributed by atoms with Gasteiger partial charge < -0.3 is 14.5 Å². The Morgan fingerprint density at radius 1 is 0.969 bits per heavy atom. The van der Waals surface area contributed by atoms with Gasteiger partial charge in [0.05, 0.1) is 22.7 Å². The number of benzene rings is 3. The van der Waals surface area contributed by atoms with E-state index >= 15 is 0 Å². The van der Waals surface area contributed by atoms with Gasteiger partial charge in [0, 0.05) is 28.5 Å². The highest BCUT2D eigenvalue weighted by molar-refractivity contribution is 6.43. The van der Waals surface area contributed by atoms with E-state index in [4.69, 9.17) is 32.4 Å². The van der Waals surface area contributed by atoms with E-state index < -0.39 is 11.5 Å². The first-order chi connectivity index (χ1) is 15.5. The summed E-state index contributed by atoms with van der Waals surface area (Å²) < 4.78 is 11.3. The summed E-state index contributed by atoms with van der Waals surface area (Å²) in [7, 11) is 0. The van der Waals surface area contributed by atoms with Crippen molar-refractivity contribution < 1.29 is 13.9 Å². The zero-order chi connectivity index (χ0) is 22.2. The van der Waals surface area contributed by atoms with Crippen LogP contribution in [0.15, 0.2) is 75.9 Å². The van der Waals surface area contributed by atoms with Gasteiger partial charge in [-0.05, 0) is 18.2 Å². The molecule has 3 aromatic carbocycles. The first-order valence-corrected chi connectivity index (χ1v) is 10.8. The van der Waals surface area contributed by atoms with Crippen LogP contribution >= 0.6 is 23.2 Å². The maximum absolute atomic E-state index is 13.0. The van der Waals surface area contributed by atoms with Crippen LogP contribution < -0.4 is 15.7 Å². The average Bonchev–Trinajstić information content (AvgIpc) is 2.80. The Bertz CT molecular complexity index is 1410. The molecule has 5 rings (SSSR count). The van der Waals surface area contributed by atoms with Crippen LogP contribution in [-0.4, -0.2) is 12.5 Å². The van der Waals surface area contributed by atoms with E-state index in [0.29, 0.717) is 45.2 Å². The van der Waals surface area contributed by atoms with Crippen LogP contribution in [0.4, 0.5) is 0 Å². The second-order valence-corrected chi connectivity index (χ2v) is 8.26. The van der Waals surface area contributed by atoms with Crippen LogP contribution in [0.25, 0.3) is 22.1 Å². The number of rotatable bonds is 3. The molecule has 1 unspecified atom stereocenters. The van der Waals surface area contributed by atoms with Crippen molar-refractivity contribution in [3.63, 3.8) is 0 Å². The van der Waals surface area contributed by atoms with Crippen LogP contribution in [0.2, 0.25) is 10.0 Å². The molecule has 32 heavy (non-hydrogen) atoms. The monoisotopic (exact) mass is 465 g/mol. The fourth-order valence-electron chi connectivity index (χ4n) is 3.95. The van der Waals surface area contributed by atoms with Crippen molar-refractivity contribution in [2.75, 3.05) is 6.61 Å². The van der Waals surface area contributed by atoms with Crippen molar-refractivity contribution in [1.82, 2.24) is 5.32 Å². The molecule has 1 N–H and O–H groups in total. The van der Waals surface area contributed by atoms with Crippen LogP contribution in [0.1, 0.15) is 28.4 Å². The molecule has 0 fully saturated rings. The molecule has 0 bridgehead atoms. The number of carbonyl (C=O) groups excluding carboxylic acids is 1. The Hall–Kier alpha value is -3.28. The highest BCUT2D eigenvalue weighted by atomic mass is 35.5. The molecule has 0 aliphatic carbocycles. The van der Waals surface area contributed by atoms with E-state index in [1.807, 2.05) is 30.3 Å². The summed E-state index contributed by atoms with van der Waals surface area (Å²) in [4.78, 5) is 25.8. The first kappa shape index (κ1) is 20.6. The number of nitrogens with one attached hydrogen (secondary N) is 1. The standard InChI is InChI=1S/C25H17Cl2NO4/c26-19-9-4-7-15(22(19)27)16-8-3-5-14-13-18(25(30)32-23(14)16)24(29)28-20-11-12-31-21-10-2-1-6-17(20)21/h1-10,13,20H,11-12H2,(H,28,29). The summed E-state index contributed by atoms with van der Waals surface area (Å²) in [6.07, 6.45) is 0.610. The van der Waals surface area contributed by atoms with Gasteiger partial charge in [-0.2, -0.15) is 0 Å². The minimum absolute atomic E-state index is 0.0594. The largest absolute Gasteiger partial charge is 0.493 e. The Labute approximate surface area is 193 Å². The summed E-state index contributed by atoms with van der Waals surface area (Å²) in [5.41, 5.74) is 1.71. The lowest BCUT2D eigenvalue weighted by atomic mass is 10.00. The lowest BCUT2D eigenvalue weighted by Crippen LogP contribution is -2.34. The Morgan fingerprint density at radius 2 is 1.75 bits per heavy atom. The topological polar surface area (TPSA) is 68.5 Å². The quantitative estimate of drug-likeness (QED) is 0.375. The zero-order valence-corrected chi connectivity index (χ0v) is 18.2. The van der Waals surface area contributed by atoms with Crippen LogP contribution in [0, 0.1) is 0 Å². The molecule has 0 saturated carbocycles. The second kappa shape index (κ2) is 8.34. The normalized spacial score (nSPS) is 15.1. The molecule has 4 aromatic rings. The Morgan fingerprint density at radius 3 is 2.62 bits per heavy atom. The van der Waals surface area contributed by atoms with Gasteiger partial charge in [0.25, 0.3) is 5.91 Å². The third-order valence-corrected chi connectivity index (χ3v) is 6.33. The fraction of sp³-hybridized carbons (Fsp3) is 0.120. The first-order valence-electron chi connectivity index (χ1n) is 10.1. The highest BCUT2D eigenvalue weighted by Gasteiger charge is 2.25. The van der Waals surface area contributed by atoms with Crippen LogP contribution in [-0.2, 0) is 0 Å². The molecule has 1 amide bonds. The zero-order valence-electron chi connectivity index (χ0n) is 16.7. The van der Waals surface area contributed by atoms with E-state index in [-0.39, 0.29) is 11.6 Å². The average molecular weight is 466 g/mol. The number of amides is 1. The van der Waals surface area contributed by atoms with E-state index in [1.54, 1.807) is 36.4 Å². The predicted molar refractivity (Wildman–Crippen MR) is 125 cm³/mol. The SMILES string of the molecule is O=C(NC1CCOc2ccccc21)c1cc2cccc(-c3cccc(Cl)c3Cl)c2oc1=O. The summed E-state index contributed by atoms with van der Waals surface area (Å²) in [6.45, 7) is 0.484. The molecule has 160 valence electrons. The van der Waals surface area contributed by atoms with Gasteiger partial charge in [0.2, 0.25) is 0 Å². The van der Waals surface area contributed by atoms with Crippen LogP contribution in [0.3, 0.4) is 0 Å². The maximum Gasteiger partial charge on any atom is 0.349 e. The van der Waals surface area contributed by atoms with Crippen molar-refractivity contribution in [2.24, 2.45) is 0 Å². The van der Waals surface area contributed by atoms with Crippen molar-refractivity contribution in [1.29, 1.82) is 0 Å². The van der Waals surface area contributed by atoms with Crippen molar-refractivity contribution >= 4 is 40.1 Å². The van der Waals surface area contributed by atoms with Crippen molar-refractivity contribution in [3.8, 4) is 16.9 Å². The summed E-state index contributed by atoms with van der Waals surface area (Å²) >= 11 is 12.5. The summed E-state index contributed by atoms with van der Waals surface area (Å²) in [6, 6.07) is 19.5. The third kappa shape index (κ3) is 3.64. The molecular weight excluding hydrogens is 449 g/mol. The molecule has 0 radical (unpaired) electrons. The number of hydrogen-bond donors (Lipinski definition) is 1. The van der Waals surface area contributed by atoms with E-state index in [2.05, 4.69) is 5.32 Å². The molecule has 0 spiro atoms. The fourth-order valence-corrected chi connectivity index (χ4v) is 4.36. The smallest absolute Gasteiger partial charge is 0.349 e. The predicted octanol–water partition coefficient (Wildman–Crippen LogP) is 6.02. The molecule has 7 heteroatoms. The molecular formula is C25H17Cl2NO4.